The molecular formula is C18H24BN3O8S. The van der Waals surface area contributed by atoms with Gasteiger partial charge in [-0.05, 0) is 19.5 Å². The lowest BCUT2D eigenvalue weighted by atomic mass is 9.78. The Labute approximate surface area is 180 Å². The van der Waals surface area contributed by atoms with Gasteiger partial charge in [-0.2, -0.15) is 0 Å². The van der Waals surface area contributed by atoms with E-state index in [1.54, 1.807) is 6.08 Å². The maximum Gasteiger partial charge on any atom is 0.622 e. The molecule has 1 heterocycles. The molecule has 0 spiro atoms. The van der Waals surface area contributed by atoms with Crippen molar-refractivity contribution in [1.29, 1.82) is 0 Å². The summed E-state index contributed by atoms with van der Waals surface area (Å²) < 4.78 is 38.5. The monoisotopic (exact) mass is 453 g/mol. The van der Waals surface area contributed by atoms with Gasteiger partial charge in [-0.3, -0.25) is 24.6 Å². The van der Waals surface area contributed by atoms with Gasteiger partial charge in [0.1, 0.15) is 5.94 Å². The zero-order valence-corrected chi connectivity index (χ0v) is 18.0. The van der Waals surface area contributed by atoms with Gasteiger partial charge in [-0.15, -0.1) is 0 Å². The Hall–Kier alpha value is -2.77. The summed E-state index contributed by atoms with van der Waals surface area (Å²) in [4.78, 5) is 35.4. The van der Waals surface area contributed by atoms with Gasteiger partial charge >= 0.3 is 19.1 Å². The number of allylic oxidation sites excluding steroid dienone is 1. The molecule has 1 saturated heterocycles. The summed E-state index contributed by atoms with van der Waals surface area (Å²) in [5.41, 5.74) is -0.614. The van der Waals surface area contributed by atoms with Crippen LogP contribution in [0.15, 0.2) is 41.3 Å². The molecule has 1 aliphatic heterocycles. The van der Waals surface area contributed by atoms with E-state index in [-0.39, 0.29) is 13.1 Å². The van der Waals surface area contributed by atoms with E-state index >= 15 is 0 Å². The van der Waals surface area contributed by atoms with Gasteiger partial charge in [0, 0.05) is 6.07 Å². The highest BCUT2D eigenvalue weighted by Crippen LogP contribution is 2.23. The van der Waals surface area contributed by atoms with Crippen molar-refractivity contribution in [2.45, 2.75) is 37.0 Å². The number of carbonyl (C=O) groups is 2. The minimum atomic E-state index is -4.43. The van der Waals surface area contributed by atoms with Gasteiger partial charge in [-0.25, -0.2) is 13.1 Å². The van der Waals surface area contributed by atoms with Crippen LogP contribution in [0.2, 0.25) is 0 Å². The van der Waals surface area contributed by atoms with Crippen molar-refractivity contribution >= 4 is 34.8 Å². The van der Waals surface area contributed by atoms with Gasteiger partial charge in [0.05, 0.1) is 18.0 Å². The zero-order chi connectivity index (χ0) is 23.0. The second-order valence-electron chi connectivity index (χ2n) is 6.96. The Bertz CT molecular complexity index is 933. The molecule has 31 heavy (non-hydrogen) atoms. The summed E-state index contributed by atoms with van der Waals surface area (Å²) in [6.07, 6.45) is 5.42. The first kappa shape index (κ1) is 24.5. The molecule has 1 aromatic carbocycles. The maximum atomic E-state index is 12.9. The van der Waals surface area contributed by atoms with Crippen LogP contribution in [0.25, 0.3) is 0 Å². The second-order valence-corrected chi connectivity index (χ2v) is 8.65. The molecule has 0 saturated carbocycles. The van der Waals surface area contributed by atoms with Crippen LogP contribution >= 0.6 is 0 Å². The van der Waals surface area contributed by atoms with E-state index in [1.807, 2.05) is 6.92 Å². The fourth-order valence-electron chi connectivity index (χ4n) is 2.83. The van der Waals surface area contributed by atoms with Crippen LogP contribution in [0.4, 0.5) is 5.69 Å². The summed E-state index contributed by atoms with van der Waals surface area (Å²) >= 11 is 0. The second kappa shape index (κ2) is 11.0. The molecule has 0 aliphatic carbocycles. The Kier molecular flexibility index (Phi) is 8.71. The molecular weight excluding hydrogens is 429 g/mol. The van der Waals surface area contributed by atoms with Gasteiger partial charge in [0.25, 0.3) is 5.69 Å². The molecule has 1 aliphatic rings. The first-order chi connectivity index (χ1) is 14.6. The minimum Gasteiger partial charge on any atom is -0.497 e. The van der Waals surface area contributed by atoms with Crippen molar-refractivity contribution < 1.29 is 32.2 Å². The van der Waals surface area contributed by atoms with Crippen molar-refractivity contribution in [2.24, 2.45) is 0 Å². The molecule has 1 N–H and O–H groups in total. The zero-order valence-electron chi connectivity index (χ0n) is 17.2. The van der Waals surface area contributed by atoms with E-state index in [0.717, 1.165) is 25.0 Å². The lowest BCUT2D eigenvalue weighted by molar-refractivity contribution is -0.387. The number of carbonyl (C=O) groups excluding carboxylic acids is 2. The van der Waals surface area contributed by atoms with Crippen molar-refractivity contribution in [3.8, 4) is 0 Å². The summed E-state index contributed by atoms with van der Waals surface area (Å²) in [5.74, 6) is -2.70. The number of nitro groups is 1. The summed E-state index contributed by atoms with van der Waals surface area (Å²) in [6, 6.07) is 4.84. The molecule has 1 unspecified atom stereocenters. The van der Waals surface area contributed by atoms with Crippen LogP contribution in [0, 0.1) is 10.1 Å². The number of nitrogens with zero attached hydrogens (tertiary/aromatic N) is 2. The number of hydrogen-bond acceptors (Lipinski definition) is 9. The lowest BCUT2D eigenvalue weighted by Crippen LogP contribution is -2.53. The van der Waals surface area contributed by atoms with E-state index < -0.39 is 50.5 Å². The molecule has 1 fully saturated rings. The predicted molar refractivity (Wildman–Crippen MR) is 111 cm³/mol. The maximum absolute atomic E-state index is 12.9. The number of likely N-dealkylation sites (N-methyl/N-ethyl adjacent to an activating group) is 1. The average molecular weight is 453 g/mol. The molecule has 2 rings (SSSR count). The molecule has 1 atom stereocenters. The highest BCUT2D eigenvalue weighted by molar-refractivity contribution is 7.89. The number of benzene rings is 1. The molecule has 13 heteroatoms. The van der Waals surface area contributed by atoms with Crippen LogP contribution in [0.1, 0.15) is 26.2 Å². The Morgan fingerprint density at radius 1 is 1.26 bits per heavy atom. The number of nitrogens with one attached hydrogen (secondary N) is 1. The van der Waals surface area contributed by atoms with Crippen LogP contribution in [-0.4, -0.2) is 63.4 Å². The first-order valence-electron chi connectivity index (χ1n) is 9.64. The number of hydrogen-bond donors (Lipinski definition) is 1. The third-order valence-electron chi connectivity index (χ3n) is 4.30. The smallest absolute Gasteiger partial charge is 0.497 e. The van der Waals surface area contributed by atoms with Gasteiger partial charge in [-0.1, -0.05) is 44.1 Å². The van der Waals surface area contributed by atoms with Crippen molar-refractivity contribution in [3.63, 3.8) is 0 Å². The average Bonchev–Trinajstić information content (AvgIpc) is 2.68. The largest absolute Gasteiger partial charge is 0.622 e. The molecule has 0 bridgehead atoms. The SMILES string of the molecule is CCCC/C=C/C(NS(=O)(=O)c1ccccc1[N+](=O)[O-])B1OC(=O)CN(C)CC(=O)O1. The molecule has 1 aromatic rings. The minimum absolute atomic E-state index is 0.186. The van der Waals surface area contributed by atoms with E-state index in [0.29, 0.717) is 6.42 Å². The first-order valence-corrected chi connectivity index (χ1v) is 11.1. The van der Waals surface area contributed by atoms with E-state index in [9.17, 15) is 28.1 Å². The number of sulfonamides is 1. The Morgan fingerprint density at radius 3 is 2.45 bits per heavy atom. The number of para-hydroxylation sites is 1. The van der Waals surface area contributed by atoms with Crippen LogP contribution < -0.4 is 4.72 Å². The quantitative estimate of drug-likeness (QED) is 0.191. The fourth-order valence-corrected chi connectivity index (χ4v) is 4.18. The molecule has 0 radical (unpaired) electrons. The standard InChI is InChI=1S/C18H24BN3O8S/c1-3-4-5-6-11-16(19-29-17(23)12-21(2)13-18(24)30-19)20-31(27,28)15-10-8-7-9-14(15)22(25)26/h6-11,16,20H,3-5,12-13H2,1-2H3/b11-6+. The van der Waals surface area contributed by atoms with Gasteiger partial charge in [0.2, 0.25) is 10.0 Å². The predicted octanol–water partition coefficient (Wildman–Crippen LogP) is 1.05. The molecule has 0 amide bonds. The van der Waals surface area contributed by atoms with Crippen molar-refractivity contribution in [2.75, 3.05) is 20.1 Å². The Morgan fingerprint density at radius 2 is 1.87 bits per heavy atom. The third-order valence-corrected chi connectivity index (χ3v) is 5.80. The number of nitro benzene ring substituents is 1. The van der Waals surface area contributed by atoms with E-state index in [2.05, 4.69) is 4.72 Å². The fraction of sp³-hybridized carbons (Fsp3) is 0.444. The lowest BCUT2D eigenvalue weighted by Gasteiger charge is -2.26. The summed E-state index contributed by atoms with van der Waals surface area (Å²) in [7, 11) is -4.47. The van der Waals surface area contributed by atoms with Gasteiger partial charge in [0.15, 0.2) is 4.90 Å². The molecule has 168 valence electrons. The van der Waals surface area contributed by atoms with Crippen molar-refractivity contribution in [3.05, 3.63) is 46.5 Å². The topological polar surface area (TPSA) is 145 Å². The highest BCUT2D eigenvalue weighted by Gasteiger charge is 2.41. The van der Waals surface area contributed by atoms with Crippen LogP contribution in [-0.2, 0) is 28.9 Å². The number of unbranched alkanes of at least 4 members (excludes halogenated alkanes) is 2. The third kappa shape index (κ3) is 7.15. The van der Waals surface area contributed by atoms with E-state index in [1.165, 1.54) is 30.2 Å². The Balaban J connectivity index is 2.37. The van der Waals surface area contributed by atoms with Crippen molar-refractivity contribution in [1.82, 2.24) is 9.62 Å². The normalized spacial score (nSPS) is 17.0. The number of rotatable bonds is 9. The highest BCUT2D eigenvalue weighted by atomic mass is 32.2. The summed E-state index contributed by atoms with van der Waals surface area (Å²) in [5, 5.41) is 11.3. The van der Waals surface area contributed by atoms with E-state index in [4.69, 9.17) is 9.31 Å². The molecule has 0 aromatic heterocycles. The molecule has 11 nitrogen and oxygen atoms in total. The summed E-state index contributed by atoms with van der Waals surface area (Å²) in [6.45, 7) is 1.61. The van der Waals surface area contributed by atoms with Crippen LogP contribution in [0.3, 0.4) is 0 Å². The van der Waals surface area contributed by atoms with Gasteiger partial charge < -0.3 is 9.31 Å². The van der Waals surface area contributed by atoms with Crippen LogP contribution in [0.5, 0.6) is 0 Å².